The van der Waals surface area contributed by atoms with E-state index in [0.717, 1.165) is 0 Å². The van der Waals surface area contributed by atoms with Crippen LogP contribution >= 0.6 is 11.6 Å². The third kappa shape index (κ3) is 4.97. The van der Waals surface area contributed by atoms with Crippen molar-refractivity contribution in [2.45, 2.75) is 43.5 Å². The summed E-state index contributed by atoms with van der Waals surface area (Å²) in [5.41, 5.74) is 1.00. The van der Waals surface area contributed by atoms with Crippen LogP contribution in [0.3, 0.4) is 0 Å². The van der Waals surface area contributed by atoms with E-state index in [1.807, 2.05) is 25.1 Å². The molecule has 1 atom stereocenters. The molecule has 0 fully saturated rings. The van der Waals surface area contributed by atoms with Crippen molar-refractivity contribution in [3.63, 3.8) is 0 Å². The molecule has 0 unspecified atom stereocenters. The summed E-state index contributed by atoms with van der Waals surface area (Å²) in [5.74, 6) is 0.270. The number of halogens is 1. The quantitative estimate of drug-likeness (QED) is 0.774. The Hall–Kier alpha value is -1.56. The van der Waals surface area contributed by atoms with Gasteiger partial charge in [-0.2, -0.15) is 0 Å². The standard InChI is InChI=1S/C19H24ClNO3S/c1-14(13-19(2,3)15-8-6-5-7-9-15)21-25(22,23)18-12-16(20)10-11-17(18)24-4/h5-12,14,21H,13H2,1-4H3/t14-/m0/s1. The highest BCUT2D eigenvalue weighted by atomic mass is 35.5. The van der Waals surface area contributed by atoms with E-state index < -0.39 is 10.0 Å². The topological polar surface area (TPSA) is 55.4 Å². The second-order valence-electron chi connectivity index (χ2n) is 6.77. The van der Waals surface area contributed by atoms with Crippen molar-refractivity contribution in [2.75, 3.05) is 7.11 Å². The summed E-state index contributed by atoms with van der Waals surface area (Å²) in [5, 5.41) is 0.346. The number of rotatable bonds is 7. The number of sulfonamides is 1. The van der Waals surface area contributed by atoms with E-state index in [4.69, 9.17) is 16.3 Å². The van der Waals surface area contributed by atoms with Gasteiger partial charge in [0, 0.05) is 11.1 Å². The summed E-state index contributed by atoms with van der Waals surface area (Å²) >= 11 is 5.96. The Balaban J connectivity index is 2.19. The zero-order chi connectivity index (χ0) is 18.7. The maximum absolute atomic E-state index is 12.7. The third-order valence-corrected chi connectivity index (χ3v) is 5.99. The van der Waals surface area contributed by atoms with Gasteiger partial charge in [-0.3, -0.25) is 0 Å². The minimum Gasteiger partial charge on any atom is -0.495 e. The summed E-state index contributed by atoms with van der Waals surface area (Å²) in [6, 6.07) is 14.4. The molecule has 0 radical (unpaired) electrons. The second kappa shape index (κ2) is 7.77. The lowest BCUT2D eigenvalue weighted by molar-refractivity contribution is 0.399. The third-order valence-electron chi connectivity index (χ3n) is 4.14. The first-order valence-electron chi connectivity index (χ1n) is 8.07. The average Bonchev–Trinajstić information content (AvgIpc) is 2.54. The smallest absolute Gasteiger partial charge is 0.244 e. The molecule has 4 nitrogen and oxygen atoms in total. The average molecular weight is 382 g/mol. The lowest BCUT2D eigenvalue weighted by Gasteiger charge is -2.29. The number of ether oxygens (including phenoxy) is 1. The zero-order valence-electron chi connectivity index (χ0n) is 14.9. The lowest BCUT2D eigenvalue weighted by Crippen LogP contribution is -2.37. The van der Waals surface area contributed by atoms with E-state index in [1.54, 1.807) is 12.1 Å². The summed E-state index contributed by atoms with van der Waals surface area (Å²) in [6.45, 7) is 6.07. The summed E-state index contributed by atoms with van der Waals surface area (Å²) in [7, 11) is -2.30. The van der Waals surface area contributed by atoms with E-state index in [-0.39, 0.29) is 22.1 Å². The molecular weight excluding hydrogens is 358 g/mol. The molecular formula is C19H24ClNO3S. The van der Waals surface area contributed by atoms with Crippen LogP contribution < -0.4 is 9.46 Å². The Bertz CT molecular complexity index is 820. The number of hydrogen-bond acceptors (Lipinski definition) is 3. The minimum atomic E-state index is -3.74. The van der Waals surface area contributed by atoms with Crippen molar-refractivity contribution in [1.82, 2.24) is 4.72 Å². The van der Waals surface area contributed by atoms with Crippen LogP contribution in [0.2, 0.25) is 5.02 Å². The summed E-state index contributed by atoms with van der Waals surface area (Å²) in [6.07, 6.45) is 0.652. The molecule has 0 aromatic heterocycles. The molecule has 0 aliphatic carbocycles. The van der Waals surface area contributed by atoms with Crippen molar-refractivity contribution in [1.29, 1.82) is 0 Å². The van der Waals surface area contributed by atoms with Crippen molar-refractivity contribution >= 4 is 21.6 Å². The van der Waals surface area contributed by atoms with Crippen LogP contribution in [0.1, 0.15) is 32.8 Å². The first-order valence-corrected chi connectivity index (χ1v) is 9.93. The van der Waals surface area contributed by atoms with Gasteiger partial charge in [0.15, 0.2) is 0 Å². The van der Waals surface area contributed by atoms with E-state index in [9.17, 15) is 8.42 Å². The van der Waals surface area contributed by atoms with Gasteiger partial charge in [-0.05, 0) is 42.5 Å². The van der Waals surface area contributed by atoms with Crippen LogP contribution in [0.5, 0.6) is 5.75 Å². The first-order chi connectivity index (χ1) is 11.7. The molecule has 0 spiro atoms. The van der Waals surface area contributed by atoms with Crippen LogP contribution in [0, 0.1) is 0 Å². The Labute approximate surface area is 155 Å². The van der Waals surface area contributed by atoms with Gasteiger partial charge in [-0.15, -0.1) is 0 Å². The van der Waals surface area contributed by atoms with E-state index in [2.05, 4.69) is 30.7 Å². The van der Waals surface area contributed by atoms with E-state index >= 15 is 0 Å². The molecule has 0 bridgehead atoms. The molecule has 0 saturated carbocycles. The maximum Gasteiger partial charge on any atom is 0.244 e. The van der Waals surface area contributed by atoms with Gasteiger partial charge in [0.2, 0.25) is 10.0 Å². The van der Waals surface area contributed by atoms with Gasteiger partial charge in [-0.25, -0.2) is 13.1 Å². The highest BCUT2D eigenvalue weighted by Crippen LogP contribution is 2.30. The van der Waals surface area contributed by atoms with Crippen LogP contribution in [0.25, 0.3) is 0 Å². The van der Waals surface area contributed by atoms with Gasteiger partial charge in [0.1, 0.15) is 10.6 Å². The Morgan fingerprint density at radius 3 is 2.40 bits per heavy atom. The molecule has 0 amide bonds. The SMILES string of the molecule is COc1ccc(Cl)cc1S(=O)(=O)N[C@@H](C)CC(C)(C)c1ccccc1. The highest BCUT2D eigenvalue weighted by Gasteiger charge is 2.27. The van der Waals surface area contributed by atoms with Gasteiger partial charge in [-0.1, -0.05) is 55.8 Å². The molecule has 1 N–H and O–H groups in total. The molecule has 136 valence electrons. The predicted molar refractivity (Wildman–Crippen MR) is 102 cm³/mol. The predicted octanol–water partition coefficient (Wildman–Crippen LogP) is 4.38. The van der Waals surface area contributed by atoms with E-state index in [0.29, 0.717) is 11.4 Å². The van der Waals surface area contributed by atoms with Crippen LogP contribution in [-0.2, 0) is 15.4 Å². The van der Waals surface area contributed by atoms with Gasteiger partial charge < -0.3 is 4.74 Å². The van der Waals surface area contributed by atoms with Crippen molar-refractivity contribution < 1.29 is 13.2 Å². The highest BCUT2D eigenvalue weighted by molar-refractivity contribution is 7.89. The molecule has 0 heterocycles. The molecule has 0 aliphatic rings. The molecule has 0 aliphatic heterocycles. The second-order valence-corrected chi connectivity index (χ2v) is 8.89. The minimum absolute atomic E-state index is 0.0480. The van der Waals surface area contributed by atoms with Crippen molar-refractivity contribution in [3.05, 3.63) is 59.1 Å². The molecule has 2 aromatic rings. The Morgan fingerprint density at radius 1 is 1.16 bits per heavy atom. The Kier molecular flexibility index (Phi) is 6.14. The molecule has 25 heavy (non-hydrogen) atoms. The van der Waals surface area contributed by atoms with Gasteiger partial charge >= 0.3 is 0 Å². The molecule has 2 rings (SSSR count). The van der Waals surface area contributed by atoms with E-state index in [1.165, 1.54) is 18.7 Å². The molecule has 0 saturated heterocycles. The van der Waals surface area contributed by atoms with Crippen LogP contribution in [0.4, 0.5) is 0 Å². The molecule has 6 heteroatoms. The number of nitrogens with one attached hydrogen (secondary N) is 1. The number of hydrogen-bond donors (Lipinski definition) is 1. The fraction of sp³-hybridized carbons (Fsp3) is 0.368. The van der Waals surface area contributed by atoms with Crippen LogP contribution in [0.15, 0.2) is 53.4 Å². The largest absolute Gasteiger partial charge is 0.495 e. The Morgan fingerprint density at radius 2 is 1.80 bits per heavy atom. The van der Waals surface area contributed by atoms with Crippen LogP contribution in [-0.4, -0.2) is 21.6 Å². The first kappa shape index (κ1) is 19.8. The molecule has 2 aromatic carbocycles. The lowest BCUT2D eigenvalue weighted by atomic mass is 9.79. The fourth-order valence-corrected chi connectivity index (χ4v) is 4.68. The van der Waals surface area contributed by atoms with Crippen molar-refractivity contribution in [2.24, 2.45) is 0 Å². The maximum atomic E-state index is 12.7. The van der Waals surface area contributed by atoms with Crippen molar-refractivity contribution in [3.8, 4) is 5.75 Å². The summed E-state index contributed by atoms with van der Waals surface area (Å²) < 4.78 is 33.4. The number of methoxy groups -OCH3 is 1. The van der Waals surface area contributed by atoms with Gasteiger partial charge in [0.05, 0.1) is 7.11 Å². The van der Waals surface area contributed by atoms with Gasteiger partial charge in [0.25, 0.3) is 0 Å². The zero-order valence-corrected chi connectivity index (χ0v) is 16.5. The summed E-state index contributed by atoms with van der Waals surface area (Å²) in [4.78, 5) is 0.0480. The fourth-order valence-electron chi connectivity index (χ4n) is 3.00. The monoisotopic (exact) mass is 381 g/mol. The number of benzene rings is 2. The normalized spacial score (nSPS) is 13.5.